The first-order valence-corrected chi connectivity index (χ1v) is 6.31. The zero-order valence-corrected chi connectivity index (χ0v) is 10.8. The average Bonchev–Trinajstić information content (AvgIpc) is 2.65. The van der Waals surface area contributed by atoms with Gasteiger partial charge in [0.2, 0.25) is 0 Å². The molecule has 1 heterocycles. The molecule has 0 spiro atoms. The minimum absolute atomic E-state index is 0.110. The van der Waals surface area contributed by atoms with Crippen molar-refractivity contribution >= 4 is 11.9 Å². The highest BCUT2D eigenvalue weighted by Gasteiger charge is 2.48. The summed E-state index contributed by atoms with van der Waals surface area (Å²) in [6, 6.07) is 9.27. The number of urea groups is 1. The maximum atomic E-state index is 12.3. The van der Waals surface area contributed by atoms with Crippen molar-refractivity contribution in [2.24, 2.45) is 0 Å². The predicted molar refractivity (Wildman–Crippen MR) is 68.8 cm³/mol. The Hall–Kier alpha value is -1.84. The number of carbonyl (C=O) groups is 2. The summed E-state index contributed by atoms with van der Waals surface area (Å²) in [7, 11) is 0. The number of amides is 3. The van der Waals surface area contributed by atoms with Crippen LogP contribution in [0.1, 0.15) is 32.3 Å². The summed E-state index contributed by atoms with van der Waals surface area (Å²) < 4.78 is 0. The maximum absolute atomic E-state index is 12.3. The summed E-state index contributed by atoms with van der Waals surface area (Å²) in [5.41, 5.74) is 0.260. The Balaban J connectivity index is 2.20. The second-order valence-electron chi connectivity index (χ2n) is 4.60. The lowest BCUT2D eigenvalue weighted by molar-refractivity contribution is -0.132. The molecule has 1 aliphatic rings. The fraction of sp³-hybridized carbons (Fsp3) is 0.429. The van der Waals surface area contributed by atoms with Gasteiger partial charge in [0.25, 0.3) is 5.91 Å². The molecule has 18 heavy (non-hydrogen) atoms. The molecule has 1 fully saturated rings. The van der Waals surface area contributed by atoms with Gasteiger partial charge < -0.3 is 5.32 Å². The highest BCUT2D eigenvalue weighted by Crippen LogP contribution is 2.26. The molecule has 1 N–H and O–H groups in total. The zero-order valence-electron chi connectivity index (χ0n) is 10.8. The third kappa shape index (κ3) is 1.98. The molecule has 3 amide bonds. The molecule has 0 bridgehead atoms. The van der Waals surface area contributed by atoms with Gasteiger partial charge >= 0.3 is 6.03 Å². The SMILES string of the molecule is CCC1(CC)NC(=O)N(Cc2ccccc2)C1=O. The highest BCUT2D eigenvalue weighted by molar-refractivity contribution is 6.06. The molecule has 1 saturated heterocycles. The smallest absolute Gasteiger partial charge is 0.323 e. The van der Waals surface area contributed by atoms with Gasteiger partial charge in [0.1, 0.15) is 5.54 Å². The number of nitrogens with one attached hydrogen (secondary N) is 1. The Bertz CT molecular complexity index is 452. The van der Waals surface area contributed by atoms with E-state index >= 15 is 0 Å². The van der Waals surface area contributed by atoms with Gasteiger partial charge in [-0.2, -0.15) is 0 Å². The molecule has 0 radical (unpaired) electrons. The van der Waals surface area contributed by atoms with E-state index in [9.17, 15) is 9.59 Å². The third-order valence-corrected chi connectivity index (χ3v) is 3.64. The Kier molecular flexibility index (Phi) is 3.36. The van der Waals surface area contributed by atoms with Gasteiger partial charge in [-0.05, 0) is 18.4 Å². The predicted octanol–water partition coefficient (Wildman–Crippen LogP) is 2.30. The summed E-state index contributed by atoms with van der Waals surface area (Å²) >= 11 is 0. The number of rotatable bonds is 4. The number of benzene rings is 1. The first-order chi connectivity index (χ1) is 8.63. The van der Waals surface area contributed by atoms with E-state index in [4.69, 9.17) is 0 Å². The molecule has 4 heteroatoms. The number of hydrogen-bond donors (Lipinski definition) is 1. The van der Waals surface area contributed by atoms with Gasteiger partial charge in [0, 0.05) is 0 Å². The van der Waals surface area contributed by atoms with E-state index in [0.717, 1.165) is 5.56 Å². The summed E-state index contributed by atoms with van der Waals surface area (Å²) in [6.07, 6.45) is 1.25. The van der Waals surface area contributed by atoms with Crippen molar-refractivity contribution in [3.8, 4) is 0 Å². The number of carbonyl (C=O) groups excluding carboxylic acids is 2. The quantitative estimate of drug-likeness (QED) is 0.829. The summed E-state index contributed by atoms with van der Waals surface area (Å²) in [4.78, 5) is 25.6. The van der Waals surface area contributed by atoms with E-state index in [2.05, 4.69) is 5.32 Å². The van der Waals surface area contributed by atoms with Crippen molar-refractivity contribution in [3.63, 3.8) is 0 Å². The van der Waals surface area contributed by atoms with Gasteiger partial charge in [-0.3, -0.25) is 9.69 Å². The molecule has 0 saturated carbocycles. The Morgan fingerprint density at radius 2 is 1.72 bits per heavy atom. The molecule has 0 atom stereocenters. The molecule has 0 unspecified atom stereocenters. The molecular weight excluding hydrogens is 228 g/mol. The second kappa shape index (κ2) is 4.80. The fourth-order valence-electron chi connectivity index (χ4n) is 2.32. The summed E-state index contributed by atoms with van der Waals surface area (Å²) in [5, 5.41) is 2.82. The first kappa shape index (κ1) is 12.6. The Morgan fingerprint density at radius 3 is 2.22 bits per heavy atom. The van der Waals surface area contributed by atoms with Crippen molar-refractivity contribution in [1.82, 2.24) is 10.2 Å². The van der Waals surface area contributed by atoms with Crippen LogP contribution >= 0.6 is 0 Å². The summed E-state index contributed by atoms with van der Waals surface area (Å²) in [6.45, 7) is 4.19. The molecule has 1 aliphatic heterocycles. The molecule has 1 aromatic carbocycles. The lowest BCUT2D eigenvalue weighted by atomic mass is 9.93. The van der Waals surface area contributed by atoms with E-state index < -0.39 is 5.54 Å². The van der Waals surface area contributed by atoms with E-state index in [1.165, 1.54) is 4.90 Å². The van der Waals surface area contributed by atoms with Crippen LogP contribution in [0.15, 0.2) is 30.3 Å². The van der Waals surface area contributed by atoms with Crippen molar-refractivity contribution in [1.29, 1.82) is 0 Å². The largest absolute Gasteiger partial charge is 0.325 e. The Morgan fingerprint density at radius 1 is 1.11 bits per heavy atom. The van der Waals surface area contributed by atoms with E-state index in [-0.39, 0.29) is 11.9 Å². The first-order valence-electron chi connectivity index (χ1n) is 6.31. The Labute approximate surface area is 107 Å². The van der Waals surface area contributed by atoms with E-state index in [0.29, 0.717) is 19.4 Å². The van der Waals surface area contributed by atoms with Crippen molar-refractivity contribution in [2.45, 2.75) is 38.8 Å². The van der Waals surface area contributed by atoms with Crippen LogP contribution in [0.3, 0.4) is 0 Å². The lowest BCUT2D eigenvalue weighted by Crippen LogP contribution is -2.45. The zero-order chi connectivity index (χ0) is 13.2. The monoisotopic (exact) mass is 246 g/mol. The minimum atomic E-state index is -0.703. The van der Waals surface area contributed by atoms with Crippen molar-refractivity contribution in [2.75, 3.05) is 0 Å². The van der Waals surface area contributed by atoms with Gasteiger partial charge in [-0.1, -0.05) is 44.2 Å². The molecule has 2 rings (SSSR count). The molecule has 4 nitrogen and oxygen atoms in total. The maximum Gasteiger partial charge on any atom is 0.325 e. The number of nitrogens with zero attached hydrogens (tertiary/aromatic N) is 1. The van der Waals surface area contributed by atoms with Crippen LogP contribution in [0.25, 0.3) is 0 Å². The molecule has 0 aliphatic carbocycles. The molecule has 1 aromatic rings. The van der Waals surface area contributed by atoms with Gasteiger partial charge in [0.15, 0.2) is 0 Å². The number of hydrogen-bond acceptors (Lipinski definition) is 2. The average molecular weight is 246 g/mol. The van der Waals surface area contributed by atoms with Crippen LogP contribution < -0.4 is 5.32 Å². The minimum Gasteiger partial charge on any atom is -0.323 e. The van der Waals surface area contributed by atoms with E-state index in [1.807, 2.05) is 44.2 Å². The molecule has 96 valence electrons. The van der Waals surface area contributed by atoms with E-state index in [1.54, 1.807) is 0 Å². The lowest BCUT2D eigenvalue weighted by Gasteiger charge is -2.23. The fourth-order valence-corrected chi connectivity index (χ4v) is 2.32. The normalized spacial score (nSPS) is 18.0. The summed E-state index contributed by atoms with van der Waals surface area (Å²) in [5.74, 6) is -0.110. The van der Waals surface area contributed by atoms with Gasteiger partial charge in [-0.15, -0.1) is 0 Å². The standard InChI is InChI=1S/C14H18N2O2/c1-3-14(4-2)12(17)16(13(18)15-14)10-11-8-6-5-7-9-11/h5-9H,3-4,10H2,1-2H3,(H,15,18). The van der Waals surface area contributed by atoms with Gasteiger partial charge in [0.05, 0.1) is 6.54 Å². The van der Waals surface area contributed by atoms with Crippen LogP contribution in [0.4, 0.5) is 4.79 Å². The van der Waals surface area contributed by atoms with Crippen LogP contribution in [-0.2, 0) is 11.3 Å². The van der Waals surface area contributed by atoms with Crippen LogP contribution in [0.2, 0.25) is 0 Å². The topological polar surface area (TPSA) is 49.4 Å². The van der Waals surface area contributed by atoms with Crippen LogP contribution in [-0.4, -0.2) is 22.4 Å². The van der Waals surface area contributed by atoms with Crippen molar-refractivity contribution in [3.05, 3.63) is 35.9 Å². The van der Waals surface area contributed by atoms with Crippen LogP contribution in [0, 0.1) is 0 Å². The van der Waals surface area contributed by atoms with Gasteiger partial charge in [-0.25, -0.2) is 4.79 Å². The molecule has 0 aromatic heterocycles. The highest BCUT2D eigenvalue weighted by atomic mass is 16.2. The molecular formula is C14H18N2O2. The number of imide groups is 1. The third-order valence-electron chi connectivity index (χ3n) is 3.64. The van der Waals surface area contributed by atoms with Crippen molar-refractivity contribution < 1.29 is 9.59 Å². The second-order valence-corrected chi connectivity index (χ2v) is 4.60. The van der Waals surface area contributed by atoms with Crippen LogP contribution in [0.5, 0.6) is 0 Å².